The molecule has 0 aromatic heterocycles. The summed E-state index contributed by atoms with van der Waals surface area (Å²) in [6, 6.07) is 26.8. The van der Waals surface area contributed by atoms with Crippen LogP contribution in [-0.2, 0) is 16.6 Å². The van der Waals surface area contributed by atoms with Crippen LogP contribution in [0.25, 0.3) is 21.9 Å². The molecule has 0 heterocycles. The van der Waals surface area contributed by atoms with Gasteiger partial charge >= 0.3 is 0 Å². The molecule has 0 aliphatic rings. The summed E-state index contributed by atoms with van der Waals surface area (Å²) in [4.78, 5) is 0.240. The van der Waals surface area contributed by atoms with E-state index < -0.39 is 10.0 Å². The van der Waals surface area contributed by atoms with Crippen LogP contribution in [0.15, 0.2) is 102 Å². The van der Waals surface area contributed by atoms with E-state index in [0.717, 1.165) is 33.0 Å². The van der Waals surface area contributed by atoms with E-state index in [9.17, 15) is 8.42 Å². The predicted molar refractivity (Wildman–Crippen MR) is 133 cm³/mol. The second kappa shape index (κ2) is 9.39. The van der Waals surface area contributed by atoms with Crippen LogP contribution in [0.5, 0.6) is 0 Å². The van der Waals surface area contributed by atoms with Crippen molar-refractivity contribution in [2.45, 2.75) is 18.4 Å². The van der Waals surface area contributed by atoms with Crippen LogP contribution in [0, 0.1) is 6.92 Å². The van der Waals surface area contributed by atoms with Gasteiger partial charge in [0.1, 0.15) is 0 Å². The Bertz CT molecular complexity index is 1360. The zero-order chi connectivity index (χ0) is 22.6. The molecule has 0 spiro atoms. The highest BCUT2D eigenvalue weighted by Crippen LogP contribution is 2.37. The lowest BCUT2D eigenvalue weighted by Gasteiger charge is -2.18. The second-order valence-electron chi connectivity index (χ2n) is 7.70. The Balaban J connectivity index is 1.84. The number of sulfonamides is 1. The molecule has 0 aliphatic carbocycles. The van der Waals surface area contributed by atoms with E-state index >= 15 is 0 Å². The van der Waals surface area contributed by atoms with Gasteiger partial charge in [0.05, 0.1) is 10.6 Å². The topological polar surface area (TPSA) is 58.2 Å². The third-order valence-electron chi connectivity index (χ3n) is 5.39. The first kappa shape index (κ1) is 21.8. The maximum Gasteiger partial charge on any atom is 0.261 e. The average molecular weight is 443 g/mol. The lowest BCUT2D eigenvalue weighted by molar-refractivity contribution is 0.601. The number of rotatable bonds is 8. The quantitative estimate of drug-likeness (QED) is 0.264. The van der Waals surface area contributed by atoms with Crippen molar-refractivity contribution in [1.29, 1.82) is 0 Å². The van der Waals surface area contributed by atoms with Gasteiger partial charge in [0.2, 0.25) is 0 Å². The minimum absolute atomic E-state index is 0.240. The summed E-state index contributed by atoms with van der Waals surface area (Å²) in [6.45, 7) is 7.04. The number of fused-ring (bicyclic) bond motifs is 1. The highest BCUT2D eigenvalue weighted by Gasteiger charge is 2.19. The van der Waals surface area contributed by atoms with Gasteiger partial charge in [-0.1, -0.05) is 78.4 Å². The molecule has 2 N–H and O–H groups in total. The normalized spacial score (nSPS) is 11.4. The maximum absolute atomic E-state index is 13.1. The molecule has 4 aromatic rings. The molecular weight excluding hydrogens is 416 g/mol. The van der Waals surface area contributed by atoms with Crippen LogP contribution < -0.4 is 10.0 Å². The van der Waals surface area contributed by atoms with Crippen LogP contribution in [0.4, 0.5) is 5.69 Å². The van der Waals surface area contributed by atoms with E-state index in [1.807, 2.05) is 49.4 Å². The van der Waals surface area contributed by atoms with Gasteiger partial charge in [0.15, 0.2) is 0 Å². The molecule has 0 atom stereocenters. The molecule has 4 rings (SSSR count). The van der Waals surface area contributed by atoms with Crippen molar-refractivity contribution in [3.63, 3.8) is 0 Å². The number of hydrogen-bond donors (Lipinski definition) is 2. The summed E-state index contributed by atoms with van der Waals surface area (Å²) in [5.74, 6) is 0. The molecule has 0 saturated carbocycles. The molecule has 0 saturated heterocycles. The SMILES string of the molecule is C=CCNCc1ccc2ccccc2c1-c1ccccc1NS(=O)(=O)c1ccc(C)cc1. The largest absolute Gasteiger partial charge is 0.309 e. The predicted octanol–water partition coefficient (Wildman–Crippen LogP) is 5.89. The Labute approximate surface area is 189 Å². The van der Waals surface area contributed by atoms with Crippen LogP contribution in [-0.4, -0.2) is 15.0 Å². The van der Waals surface area contributed by atoms with E-state index in [1.165, 1.54) is 0 Å². The van der Waals surface area contributed by atoms with Gasteiger partial charge in [0.25, 0.3) is 10.0 Å². The fourth-order valence-electron chi connectivity index (χ4n) is 3.80. The van der Waals surface area contributed by atoms with Gasteiger partial charge in [-0.15, -0.1) is 6.58 Å². The van der Waals surface area contributed by atoms with Crippen molar-refractivity contribution < 1.29 is 8.42 Å². The average Bonchev–Trinajstić information content (AvgIpc) is 2.80. The van der Waals surface area contributed by atoms with Gasteiger partial charge in [-0.3, -0.25) is 4.72 Å². The molecule has 0 bridgehead atoms. The van der Waals surface area contributed by atoms with E-state index in [-0.39, 0.29) is 4.90 Å². The summed E-state index contributed by atoms with van der Waals surface area (Å²) < 4.78 is 29.1. The molecule has 4 nitrogen and oxygen atoms in total. The maximum atomic E-state index is 13.1. The third kappa shape index (κ3) is 4.59. The molecule has 5 heteroatoms. The van der Waals surface area contributed by atoms with Crippen LogP contribution in [0.1, 0.15) is 11.1 Å². The zero-order valence-corrected chi connectivity index (χ0v) is 18.8. The van der Waals surface area contributed by atoms with Crippen molar-refractivity contribution in [2.24, 2.45) is 0 Å². The molecule has 4 aromatic carbocycles. The van der Waals surface area contributed by atoms with Gasteiger partial charge < -0.3 is 5.32 Å². The molecule has 0 radical (unpaired) electrons. The Hall–Kier alpha value is -3.41. The number of hydrogen-bond acceptors (Lipinski definition) is 3. The first-order valence-electron chi connectivity index (χ1n) is 10.5. The van der Waals surface area contributed by atoms with Crippen LogP contribution in [0.3, 0.4) is 0 Å². The summed E-state index contributed by atoms with van der Waals surface area (Å²) in [5, 5.41) is 5.55. The smallest absolute Gasteiger partial charge is 0.261 e. The lowest BCUT2D eigenvalue weighted by atomic mass is 9.92. The molecule has 32 heavy (non-hydrogen) atoms. The molecular formula is C27H26N2O2S. The summed E-state index contributed by atoms with van der Waals surface area (Å²) >= 11 is 0. The van der Waals surface area contributed by atoms with E-state index in [2.05, 4.69) is 40.9 Å². The highest BCUT2D eigenvalue weighted by atomic mass is 32.2. The minimum atomic E-state index is -3.73. The van der Waals surface area contributed by atoms with E-state index in [4.69, 9.17) is 0 Å². The van der Waals surface area contributed by atoms with E-state index in [1.54, 1.807) is 24.3 Å². The Morgan fingerprint density at radius 3 is 2.38 bits per heavy atom. The number of anilines is 1. The van der Waals surface area contributed by atoms with E-state index in [0.29, 0.717) is 18.8 Å². The van der Waals surface area contributed by atoms with Gasteiger partial charge in [0, 0.05) is 18.7 Å². The van der Waals surface area contributed by atoms with Crippen molar-refractivity contribution in [3.05, 3.63) is 109 Å². The molecule has 0 aliphatic heterocycles. The number of nitrogens with one attached hydrogen (secondary N) is 2. The van der Waals surface area contributed by atoms with Crippen LogP contribution in [0.2, 0.25) is 0 Å². The monoisotopic (exact) mass is 442 g/mol. The van der Waals surface area contributed by atoms with Gasteiger partial charge in [-0.25, -0.2) is 8.42 Å². The Morgan fingerprint density at radius 2 is 1.59 bits per heavy atom. The van der Waals surface area contributed by atoms with Crippen molar-refractivity contribution >= 4 is 26.5 Å². The van der Waals surface area contributed by atoms with Crippen LogP contribution >= 0.6 is 0 Å². The number of benzene rings is 4. The Kier molecular flexibility index (Phi) is 6.40. The van der Waals surface area contributed by atoms with Crippen molar-refractivity contribution in [2.75, 3.05) is 11.3 Å². The molecule has 0 fully saturated rings. The Morgan fingerprint density at radius 1 is 0.875 bits per heavy atom. The fourth-order valence-corrected chi connectivity index (χ4v) is 4.88. The first-order chi connectivity index (χ1) is 15.5. The highest BCUT2D eigenvalue weighted by molar-refractivity contribution is 7.92. The number of para-hydroxylation sites is 1. The van der Waals surface area contributed by atoms with Crippen molar-refractivity contribution in [1.82, 2.24) is 5.32 Å². The minimum Gasteiger partial charge on any atom is -0.309 e. The van der Waals surface area contributed by atoms with Gasteiger partial charge in [-0.05, 0) is 47.0 Å². The fraction of sp³-hybridized carbons (Fsp3) is 0.111. The number of aryl methyl sites for hydroxylation is 1. The second-order valence-corrected chi connectivity index (χ2v) is 9.39. The standard InChI is InChI=1S/C27H26N2O2S/c1-3-18-28-19-22-15-14-21-8-4-5-9-24(21)27(22)25-10-6-7-11-26(25)29-32(30,31)23-16-12-20(2)13-17-23/h3-17,28-29H,1,18-19H2,2H3. The molecule has 0 unspecified atom stereocenters. The third-order valence-corrected chi connectivity index (χ3v) is 6.77. The first-order valence-corrected chi connectivity index (χ1v) is 12.0. The summed E-state index contributed by atoms with van der Waals surface area (Å²) in [6.07, 6.45) is 1.82. The molecule has 162 valence electrons. The summed E-state index contributed by atoms with van der Waals surface area (Å²) in [5.41, 5.74) is 4.51. The summed E-state index contributed by atoms with van der Waals surface area (Å²) in [7, 11) is -3.73. The lowest BCUT2D eigenvalue weighted by Crippen LogP contribution is -2.15. The molecule has 0 amide bonds. The zero-order valence-electron chi connectivity index (χ0n) is 18.0. The van der Waals surface area contributed by atoms with Gasteiger partial charge in [-0.2, -0.15) is 0 Å². The van der Waals surface area contributed by atoms with Crippen molar-refractivity contribution in [3.8, 4) is 11.1 Å².